The minimum Gasteiger partial charge on any atom is -0.490 e. The van der Waals surface area contributed by atoms with Crippen molar-refractivity contribution < 1.29 is 4.74 Å². The minimum atomic E-state index is 0.225. The molecule has 2 rings (SSSR count). The minimum absolute atomic E-state index is 0.225. The van der Waals surface area contributed by atoms with E-state index in [1.165, 1.54) is 18.4 Å². The van der Waals surface area contributed by atoms with Crippen LogP contribution < -0.4 is 4.74 Å². The van der Waals surface area contributed by atoms with Gasteiger partial charge in [-0.25, -0.2) is 0 Å². The fraction of sp³-hybridized carbons (Fsp3) is 0.571. The number of ether oxygens (including phenoxy) is 1. The molecule has 1 aliphatic carbocycles. The first-order chi connectivity index (χ1) is 7.65. The molecule has 1 fully saturated rings. The lowest BCUT2D eigenvalue weighted by molar-refractivity contribution is 0.302. The van der Waals surface area contributed by atoms with Crippen LogP contribution in [0.1, 0.15) is 44.6 Å². The number of halogens is 1. The van der Waals surface area contributed by atoms with E-state index >= 15 is 0 Å². The molecule has 1 saturated carbocycles. The van der Waals surface area contributed by atoms with Gasteiger partial charge in [-0.3, -0.25) is 0 Å². The second-order valence-corrected chi connectivity index (χ2v) is 5.55. The Morgan fingerprint density at radius 1 is 1.38 bits per heavy atom. The van der Waals surface area contributed by atoms with Crippen molar-refractivity contribution in [1.29, 1.82) is 0 Å². The van der Waals surface area contributed by atoms with Crippen LogP contribution in [0.15, 0.2) is 24.3 Å². The van der Waals surface area contributed by atoms with Crippen molar-refractivity contribution in [3.8, 4) is 5.75 Å². The van der Waals surface area contributed by atoms with E-state index in [-0.39, 0.29) is 5.38 Å². The van der Waals surface area contributed by atoms with Crippen molar-refractivity contribution >= 4 is 11.6 Å². The summed E-state index contributed by atoms with van der Waals surface area (Å²) in [6, 6.07) is 8.42. The van der Waals surface area contributed by atoms with E-state index in [1.807, 2.05) is 13.0 Å². The highest BCUT2D eigenvalue weighted by molar-refractivity contribution is 6.20. The van der Waals surface area contributed by atoms with Crippen LogP contribution >= 0.6 is 11.6 Å². The van der Waals surface area contributed by atoms with Crippen LogP contribution in [-0.4, -0.2) is 11.5 Å². The zero-order valence-electron chi connectivity index (χ0n) is 9.95. The van der Waals surface area contributed by atoms with Crippen molar-refractivity contribution in [3.63, 3.8) is 0 Å². The topological polar surface area (TPSA) is 9.23 Å². The molecule has 1 aromatic carbocycles. The van der Waals surface area contributed by atoms with E-state index in [9.17, 15) is 0 Å². The highest BCUT2D eigenvalue weighted by Crippen LogP contribution is 2.30. The van der Waals surface area contributed by atoms with Gasteiger partial charge in [0, 0.05) is 5.38 Å². The normalized spacial score (nSPS) is 19.2. The first-order valence-electron chi connectivity index (χ1n) is 6.06. The van der Waals surface area contributed by atoms with Gasteiger partial charge in [0.15, 0.2) is 0 Å². The van der Waals surface area contributed by atoms with Crippen LogP contribution in [0, 0.1) is 0 Å². The summed E-state index contributed by atoms with van der Waals surface area (Å²) in [5.41, 5.74) is 1.32. The SMILES string of the molecule is CC(Cl)CC(C)c1cccc(OC2CC2)c1. The molecule has 0 aliphatic heterocycles. The first-order valence-corrected chi connectivity index (χ1v) is 6.49. The Balaban J connectivity index is 2.02. The molecular weight excluding hydrogens is 220 g/mol. The molecular formula is C14H19ClO. The summed E-state index contributed by atoms with van der Waals surface area (Å²) in [6.07, 6.45) is 3.89. The summed E-state index contributed by atoms with van der Waals surface area (Å²) in [4.78, 5) is 0. The number of alkyl halides is 1. The zero-order valence-corrected chi connectivity index (χ0v) is 10.7. The van der Waals surface area contributed by atoms with E-state index in [0.29, 0.717) is 12.0 Å². The van der Waals surface area contributed by atoms with Gasteiger partial charge < -0.3 is 4.74 Å². The summed E-state index contributed by atoms with van der Waals surface area (Å²) >= 11 is 6.03. The highest BCUT2D eigenvalue weighted by atomic mass is 35.5. The molecule has 2 atom stereocenters. The molecule has 0 heterocycles. The Labute approximate surface area is 103 Å². The molecule has 2 heteroatoms. The van der Waals surface area contributed by atoms with E-state index < -0.39 is 0 Å². The summed E-state index contributed by atoms with van der Waals surface area (Å²) < 4.78 is 5.79. The quantitative estimate of drug-likeness (QED) is 0.693. The third kappa shape index (κ3) is 3.41. The van der Waals surface area contributed by atoms with Crippen molar-refractivity contribution in [2.75, 3.05) is 0 Å². The number of rotatable bonds is 5. The maximum Gasteiger partial charge on any atom is 0.119 e. The van der Waals surface area contributed by atoms with Gasteiger partial charge in [0.05, 0.1) is 6.10 Å². The van der Waals surface area contributed by atoms with Crippen LogP contribution in [-0.2, 0) is 0 Å². The average molecular weight is 239 g/mol. The highest BCUT2D eigenvalue weighted by Gasteiger charge is 2.23. The van der Waals surface area contributed by atoms with Crippen molar-refractivity contribution in [2.24, 2.45) is 0 Å². The fourth-order valence-electron chi connectivity index (χ4n) is 1.90. The Morgan fingerprint density at radius 3 is 2.75 bits per heavy atom. The molecule has 1 aromatic rings. The van der Waals surface area contributed by atoms with Crippen LogP contribution in [0.4, 0.5) is 0 Å². The predicted molar refractivity (Wildman–Crippen MR) is 68.4 cm³/mol. The van der Waals surface area contributed by atoms with Crippen molar-refractivity contribution in [1.82, 2.24) is 0 Å². The Morgan fingerprint density at radius 2 is 2.12 bits per heavy atom. The van der Waals surface area contributed by atoms with Gasteiger partial charge in [-0.1, -0.05) is 19.1 Å². The third-order valence-corrected chi connectivity index (χ3v) is 3.11. The molecule has 1 nitrogen and oxygen atoms in total. The monoisotopic (exact) mass is 238 g/mol. The molecule has 0 saturated heterocycles. The standard InChI is InChI=1S/C14H19ClO/c1-10(8-11(2)15)12-4-3-5-14(9-12)16-13-6-7-13/h3-5,9-11,13H,6-8H2,1-2H3. The molecule has 0 spiro atoms. The van der Waals surface area contributed by atoms with Crippen LogP contribution in [0.3, 0.4) is 0 Å². The number of hydrogen-bond acceptors (Lipinski definition) is 1. The number of hydrogen-bond donors (Lipinski definition) is 0. The molecule has 2 unspecified atom stereocenters. The molecule has 0 amide bonds. The predicted octanol–water partition coefficient (Wildman–Crippen LogP) is 4.35. The van der Waals surface area contributed by atoms with E-state index in [1.54, 1.807) is 0 Å². The fourth-order valence-corrected chi connectivity index (χ4v) is 2.16. The summed E-state index contributed by atoms with van der Waals surface area (Å²) in [5, 5.41) is 0.225. The lowest BCUT2D eigenvalue weighted by atomic mass is 9.96. The van der Waals surface area contributed by atoms with E-state index in [2.05, 4.69) is 25.1 Å². The van der Waals surface area contributed by atoms with Gasteiger partial charge in [-0.15, -0.1) is 11.6 Å². The Hall–Kier alpha value is -0.690. The van der Waals surface area contributed by atoms with E-state index in [0.717, 1.165) is 12.2 Å². The maximum absolute atomic E-state index is 6.03. The molecule has 0 aromatic heterocycles. The molecule has 1 aliphatic rings. The van der Waals surface area contributed by atoms with Gasteiger partial charge in [0.1, 0.15) is 5.75 Å². The molecule has 88 valence electrons. The van der Waals surface area contributed by atoms with Gasteiger partial charge in [-0.2, -0.15) is 0 Å². The van der Waals surface area contributed by atoms with Gasteiger partial charge in [0.2, 0.25) is 0 Å². The molecule has 0 N–H and O–H groups in total. The summed E-state index contributed by atoms with van der Waals surface area (Å²) in [5.74, 6) is 1.50. The first kappa shape index (κ1) is 11.8. The average Bonchev–Trinajstić information content (AvgIpc) is 3.01. The lowest BCUT2D eigenvalue weighted by Gasteiger charge is -2.14. The number of benzene rings is 1. The van der Waals surface area contributed by atoms with Crippen molar-refractivity contribution in [2.45, 2.75) is 50.5 Å². The van der Waals surface area contributed by atoms with Gasteiger partial charge >= 0.3 is 0 Å². The van der Waals surface area contributed by atoms with Crippen LogP contribution in [0.2, 0.25) is 0 Å². The largest absolute Gasteiger partial charge is 0.490 e. The summed E-state index contributed by atoms with van der Waals surface area (Å²) in [7, 11) is 0. The van der Waals surface area contributed by atoms with Gasteiger partial charge in [-0.05, 0) is 49.8 Å². The Bertz CT molecular complexity index is 344. The third-order valence-electron chi connectivity index (χ3n) is 2.93. The summed E-state index contributed by atoms with van der Waals surface area (Å²) in [6.45, 7) is 4.26. The van der Waals surface area contributed by atoms with Crippen molar-refractivity contribution in [3.05, 3.63) is 29.8 Å². The zero-order chi connectivity index (χ0) is 11.5. The lowest BCUT2D eigenvalue weighted by Crippen LogP contribution is -2.02. The van der Waals surface area contributed by atoms with Crippen LogP contribution in [0.5, 0.6) is 5.75 Å². The van der Waals surface area contributed by atoms with Crippen LogP contribution in [0.25, 0.3) is 0 Å². The van der Waals surface area contributed by atoms with Gasteiger partial charge in [0.25, 0.3) is 0 Å². The molecule has 0 radical (unpaired) electrons. The molecule has 0 bridgehead atoms. The molecule has 16 heavy (non-hydrogen) atoms. The van der Waals surface area contributed by atoms with E-state index in [4.69, 9.17) is 16.3 Å². The smallest absolute Gasteiger partial charge is 0.119 e. The second kappa shape index (κ2) is 5.09. The maximum atomic E-state index is 6.03. The second-order valence-electron chi connectivity index (χ2n) is 4.81. The Kier molecular flexibility index (Phi) is 3.75.